The van der Waals surface area contributed by atoms with Gasteiger partial charge in [0.25, 0.3) is 0 Å². The lowest BCUT2D eigenvalue weighted by Crippen LogP contribution is -2.58. The van der Waals surface area contributed by atoms with Crippen LogP contribution < -0.4 is 15.0 Å². The van der Waals surface area contributed by atoms with E-state index in [1.165, 1.54) is 5.56 Å². The molecule has 156 valence electrons. The monoisotopic (exact) mass is 410 g/mol. The van der Waals surface area contributed by atoms with Gasteiger partial charge in [0.2, 0.25) is 5.91 Å². The van der Waals surface area contributed by atoms with Crippen molar-refractivity contribution in [3.05, 3.63) is 102 Å². The van der Waals surface area contributed by atoms with Crippen LogP contribution in [-0.4, -0.2) is 18.1 Å². The van der Waals surface area contributed by atoms with Crippen LogP contribution in [0.3, 0.4) is 0 Å². The van der Waals surface area contributed by atoms with E-state index in [9.17, 15) is 4.79 Å². The summed E-state index contributed by atoms with van der Waals surface area (Å²) in [4.78, 5) is 14.6. The van der Waals surface area contributed by atoms with Gasteiger partial charge in [-0.05, 0) is 41.0 Å². The SMILES string of the molecule is CC1(C)c2ccccc2N2CC(=O)N[C@]21C=Cc1cccc(OCc2ccccc2)c1. The van der Waals surface area contributed by atoms with Gasteiger partial charge >= 0.3 is 0 Å². The van der Waals surface area contributed by atoms with E-state index in [1.54, 1.807) is 0 Å². The normalized spacial score (nSPS) is 21.1. The van der Waals surface area contributed by atoms with Crippen LogP contribution in [0.15, 0.2) is 84.9 Å². The summed E-state index contributed by atoms with van der Waals surface area (Å²) in [5.74, 6) is 0.872. The minimum Gasteiger partial charge on any atom is -0.489 e. The summed E-state index contributed by atoms with van der Waals surface area (Å²) < 4.78 is 5.98. The zero-order chi connectivity index (χ0) is 21.5. The molecule has 3 aromatic carbocycles. The highest BCUT2D eigenvalue weighted by Crippen LogP contribution is 2.52. The molecule has 2 aliphatic rings. The van der Waals surface area contributed by atoms with Gasteiger partial charge in [0.05, 0.1) is 6.54 Å². The molecule has 1 fully saturated rings. The molecular weight excluding hydrogens is 384 g/mol. The van der Waals surface area contributed by atoms with Crippen LogP contribution in [0.25, 0.3) is 6.08 Å². The van der Waals surface area contributed by atoms with Gasteiger partial charge in [0, 0.05) is 11.1 Å². The van der Waals surface area contributed by atoms with Gasteiger partial charge in [-0.3, -0.25) is 4.79 Å². The van der Waals surface area contributed by atoms with Crippen molar-refractivity contribution in [2.24, 2.45) is 0 Å². The molecule has 0 radical (unpaired) electrons. The largest absolute Gasteiger partial charge is 0.489 e. The fraction of sp³-hybridized carbons (Fsp3) is 0.222. The average molecular weight is 411 g/mol. The molecule has 0 aromatic heterocycles. The molecule has 1 amide bonds. The molecule has 0 spiro atoms. The number of benzene rings is 3. The van der Waals surface area contributed by atoms with Crippen LogP contribution in [0.1, 0.15) is 30.5 Å². The number of nitrogens with one attached hydrogen (secondary N) is 1. The first kappa shape index (κ1) is 19.4. The smallest absolute Gasteiger partial charge is 0.241 e. The number of hydrogen-bond acceptors (Lipinski definition) is 3. The summed E-state index contributed by atoms with van der Waals surface area (Å²) in [5.41, 5.74) is 3.68. The Hall–Kier alpha value is -3.53. The Bertz CT molecular complexity index is 1150. The standard InChI is InChI=1S/C27H26N2O2/c1-26(2)23-13-6-7-14-24(23)29-18-25(30)28-27(26,29)16-15-20-11-8-12-22(17-20)31-19-21-9-4-3-5-10-21/h3-17H,18-19H2,1-2H3,(H,28,30)/t27-/m1/s1. The molecule has 3 aromatic rings. The lowest BCUT2D eigenvalue weighted by molar-refractivity contribution is -0.118. The molecular formula is C27H26N2O2. The third-order valence-corrected chi connectivity index (χ3v) is 6.50. The molecule has 31 heavy (non-hydrogen) atoms. The highest BCUT2D eigenvalue weighted by atomic mass is 16.5. The fourth-order valence-corrected chi connectivity index (χ4v) is 4.81. The summed E-state index contributed by atoms with van der Waals surface area (Å²) in [6, 6.07) is 26.6. The molecule has 1 N–H and O–H groups in total. The van der Waals surface area contributed by atoms with Gasteiger partial charge in [0.1, 0.15) is 18.0 Å². The number of rotatable bonds is 5. The maximum absolute atomic E-state index is 12.4. The van der Waals surface area contributed by atoms with E-state index in [4.69, 9.17) is 4.74 Å². The summed E-state index contributed by atoms with van der Waals surface area (Å²) >= 11 is 0. The van der Waals surface area contributed by atoms with Crippen molar-refractivity contribution in [3.8, 4) is 5.75 Å². The number of anilines is 1. The molecule has 0 bridgehead atoms. The van der Waals surface area contributed by atoms with Gasteiger partial charge in [-0.2, -0.15) is 0 Å². The topological polar surface area (TPSA) is 41.6 Å². The number of carbonyl (C=O) groups excluding carboxylic acids is 1. The van der Waals surface area contributed by atoms with E-state index < -0.39 is 5.66 Å². The summed E-state index contributed by atoms with van der Waals surface area (Å²) in [6.07, 6.45) is 4.22. The van der Waals surface area contributed by atoms with Gasteiger partial charge in [-0.1, -0.05) is 80.6 Å². The van der Waals surface area contributed by atoms with Crippen molar-refractivity contribution in [1.82, 2.24) is 5.32 Å². The number of hydrogen-bond donors (Lipinski definition) is 1. The lowest BCUT2D eigenvalue weighted by atomic mass is 9.75. The van der Waals surface area contributed by atoms with Crippen LogP contribution in [-0.2, 0) is 16.8 Å². The lowest BCUT2D eigenvalue weighted by Gasteiger charge is -2.40. The molecule has 0 unspecified atom stereocenters. The summed E-state index contributed by atoms with van der Waals surface area (Å²) in [6.45, 7) is 5.29. The van der Waals surface area contributed by atoms with Crippen LogP contribution in [0, 0.1) is 0 Å². The van der Waals surface area contributed by atoms with E-state index in [0.717, 1.165) is 22.6 Å². The molecule has 5 rings (SSSR count). The molecule has 2 aliphatic heterocycles. The molecule has 1 atom stereocenters. The van der Waals surface area contributed by atoms with E-state index >= 15 is 0 Å². The molecule has 4 heteroatoms. The first-order valence-electron chi connectivity index (χ1n) is 10.6. The van der Waals surface area contributed by atoms with Crippen molar-refractivity contribution in [2.45, 2.75) is 31.5 Å². The molecule has 0 aliphatic carbocycles. The Morgan fingerprint density at radius 3 is 2.61 bits per heavy atom. The molecule has 1 saturated heterocycles. The van der Waals surface area contributed by atoms with Crippen LogP contribution >= 0.6 is 0 Å². The first-order valence-corrected chi connectivity index (χ1v) is 10.6. The van der Waals surface area contributed by atoms with Crippen molar-refractivity contribution in [2.75, 3.05) is 11.4 Å². The number of nitrogens with zero attached hydrogens (tertiary/aromatic N) is 1. The van der Waals surface area contributed by atoms with Gasteiger partial charge < -0.3 is 15.0 Å². The number of fused-ring (bicyclic) bond motifs is 3. The third-order valence-electron chi connectivity index (χ3n) is 6.50. The van der Waals surface area contributed by atoms with E-state index in [-0.39, 0.29) is 11.3 Å². The zero-order valence-corrected chi connectivity index (χ0v) is 17.8. The van der Waals surface area contributed by atoms with Gasteiger partial charge in [-0.25, -0.2) is 0 Å². The Morgan fingerprint density at radius 1 is 1.00 bits per heavy atom. The Kier molecular flexibility index (Phi) is 4.58. The predicted molar refractivity (Wildman–Crippen MR) is 124 cm³/mol. The highest BCUT2D eigenvalue weighted by Gasteiger charge is 2.59. The predicted octanol–water partition coefficient (Wildman–Crippen LogP) is 4.90. The minimum atomic E-state index is -0.589. The second-order valence-electron chi connectivity index (χ2n) is 8.72. The summed E-state index contributed by atoms with van der Waals surface area (Å²) in [7, 11) is 0. The molecule has 4 nitrogen and oxygen atoms in total. The average Bonchev–Trinajstić information content (AvgIpc) is 3.22. The van der Waals surface area contributed by atoms with Crippen LogP contribution in [0.4, 0.5) is 5.69 Å². The van der Waals surface area contributed by atoms with Gasteiger partial charge in [0.15, 0.2) is 0 Å². The van der Waals surface area contributed by atoms with Crippen LogP contribution in [0.2, 0.25) is 0 Å². The van der Waals surface area contributed by atoms with Crippen molar-refractivity contribution >= 4 is 17.7 Å². The number of amides is 1. The Balaban J connectivity index is 1.43. The number of para-hydroxylation sites is 1. The fourth-order valence-electron chi connectivity index (χ4n) is 4.81. The van der Waals surface area contributed by atoms with Crippen molar-refractivity contribution in [1.29, 1.82) is 0 Å². The van der Waals surface area contributed by atoms with Crippen molar-refractivity contribution in [3.63, 3.8) is 0 Å². The summed E-state index contributed by atoms with van der Waals surface area (Å²) in [5, 5.41) is 3.27. The van der Waals surface area contributed by atoms with Crippen molar-refractivity contribution < 1.29 is 9.53 Å². The maximum Gasteiger partial charge on any atom is 0.241 e. The Morgan fingerprint density at radius 2 is 1.77 bits per heavy atom. The van der Waals surface area contributed by atoms with Gasteiger partial charge in [-0.15, -0.1) is 0 Å². The molecule has 0 saturated carbocycles. The highest BCUT2D eigenvalue weighted by molar-refractivity contribution is 5.91. The Labute approximate surface area is 183 Å². The molecule has 2 heterocycles. The number of carbonyl (C=O) groups is 1. The van der Waals surface area contributed by atoms with E-state index in [1.807, 2.05) is 42.5 Å². The van der Waals surface area contributed by atoms with E-state index in [2.05, 4.69) is 72.6 Å². The maximum atomic E-state index is 12.4. The van der Waals surface area contributed by atoms with E-state index in [0.29, 0.717) is 13.2 Å². The van der Waals surface area contributed by atoms with Crippen LogP contribution in [0.5, 0.6) is 5.75 Å². The number of ether oxygens (including phenoxy) is 1. The second kappa shape index (κ2) is 7.31. The minimum absolute atomic E-state index is 0.0483. The first-order chi connectivity index (χ1) is 15.0. The zero-order valence-electron chi connectivity index (χ0n) is 17.8. The third kappa shape index (κ3) is 3.19. The quantitative estimate of drug-likeness (QED) is 0.650. The second-order valence-corrected chi connectivity index (χ2v) is 8.72.